The summed E-state index contributed by atoms with van der Waals surface area (Å²) in [4.78, 5) is 0. The van der Waals surface area contributed by atoms with Crippen molar-refractivity contribution in [1.29, 1.82) is 0 Å². The fourth-order valence-electron chi connectivity index (χ4n) is 2.11. The first kappa shape index (κ1) is 8.82. The third kappa shape index (κ3) is 1.78. The van der Waals surface area contributed by atoms with Crippen LogP contribution in [-0.4, -0.2) is 10.1 Å². The van der Waals surface area contributed by atoms with Gasteiger partial charge < -0.3 is 10.3 Å². The minimum atomic E-state index is 0.166. The maximum absolute atomic E-state index is 6.20. The lowest BCUT2D eigenvalue weighted by Crippen LogP contribution is -2.26. The van der Waals surface area contributed by atoms with E-state index >= 15 is 0 Å². The van der Waals surface area contributed by atoms with Gasteiger partial charge >= 0.3 is 0 Å². The van der Waals surface area contributed by atoms with E-state index in [0.717, 1.165) is 18.9 Å². The van der Waals surface area contributed by atoms with Crippen molar-refractivity contribution in [3.63, 3.8) is 0 Å². The Balaban J connectivity index is 1.81. The molecule has 0 bridgehead atoms. The molecule has 0 aliphatic heterocycles. The molecule has 1 heterocycles. The maximum Gasteiger partial charge on any atom is 0.0237 e. The van der Waals surface area contributed by atoms with Gasteiger partial charge in [-0.05, 0) is 30.9 Å². The number of nitrogens with two attached hydrogens (primary N) is 1. The highest BCUT2D eigenvalue weighted by atomic mass is 15.0. The summed E-state index contributed by atoms with van der Waals surface area (Å²) in [6.07, 6.45) is 7.80. The molecule has 0 amide bonds. The number of nitrogens with zero attached hydrogens (tertiary/aromatic N) is 1. The van der Waals surface area contributed by atoms with Crippen LogP contribution < -0.4 is 5.73 Å². The molecule has 1 aromatic rings. The molecule has 2 atom stereocenters. The van der Waals surface area contributed by atoms with Gasteiger partial charge in [0.15, 0.2) is 0 Å². The summed E-state index contributed by atoms with van der Waals surface area (Å²) in [6, 6.07) is 4.13. The smallest absolute Gasteiger partial charge is 0.0237 e. The molecule has 0 saturated heterocycles. The molecule has 2 N–H and O–H groups in total. The lowest BCUT2D eigenvalue weighted by atomic mass is 10.1. The van der Waals surface area contributed by atoms with Gasteiger partial charge in [0.05, 0.1) is 0 Å². The highest BCUT2D eigenvalue weighted by molar-refractivity contribution is 5.07. The zero-order valence-electron chi connectivity index (χ0n) is 8.24. The van der Waals surface area contributed by atoms with E-state index in [0.29, 0.717) is 0 Å². The van der Waals surface area contributed by atoms with Crippen LogP contribution in [0.3, 0.4) is 0 Å². The lowest BCUT2D eigenvalue weighted by molar-refractivity contribution is 0.490. The van der Waals surface area contributed by atoms with Gasteiger partial charge in [-0.25, -0.2) is 0 Å². The number of hydrogen-bond acceptors (Lipinski definition) is 1. The van der Waals surface area contributed by atoms with E-state index in [1.54, 1.807) is 0 Å². The van der Waals surface area contributed by atoms with Crippen LogP contribution in [0, 0.1) is 5.92 Å². The Labute approximate surface area is 79.7 Å². The lowest BCUT2D eigenvalue weighted by Gasteiger charge is -2.11. The topological polar surface area (TPSA) is 30.9 Å². The Bertz CT molecular complexity index is 266. The summed E-state index contributed by atoms with van der Waals surface area (Å²) in [5, 5.41) is 0. The van der Waals surface area contributed by atoms with Gasteiger partial charge in [-0.2, -0.15) is 0 Å². The molecule has 1 fully saturated rings. The van der Waals surface area contributed by atoms with Gasteiger partial charge in [-0.15, -0.1) is 0 Å². The van der Waals surface area contributed by atoms with E-state index in [1.165, 1.54) is 12.8 Å². The molecule has 1 aliphatic carbocycles. The summed E-state index contributed by atoms with van der Waals surface area (Å²) >= 11 is 0. The highest BCUT2D eigenvalue weighted by Gasteiger charge is 2.48. The van der Waals surface area contributed by atoms with Gasteiger partial charge in [-0.3, -0.25) is 0 Å². The molecule has 2 unspecified atom stereocenters. The van der Waals surface area contributed by atoms with Crippen molar-refractivity contribution in [3.8, 4) is 0 Å². The van der Waals surface area contributed by atoms with E-state index < -0.39 is 0 Å². The summed E-state index contributed by atoms with van der Waals surface area (Å²) in [5.41, 5.74) is 6.37. The van der Waals surface area contributed by atoms with E-state index in [1.807, 2.05) is 0 Å². The van der Waals surface area contributed by atoms with Crippen LogP contribution in [0.2, 0.25) is 0 Å². The Morgan fingerprint density at radius 3 is 2.69 bits per heavy atom. The molecule has 2 rings (SSSR count). The highest BCUT2D eigenvalue weighted by Crippen LogP contribution is 2.46. The first-order chi connectivity index (χ1) is 6.24. The third-order valence-electron chi connectivity index (χ3n) is 3.27. The van der Waals surface area contributed by atoms with Crippen molar-refractivity contribution in [3.05, 3.63) is 24.5 Å². The Hall–Kier alpha value is -0.760. The third-order valence-corrected chi connectivity index (χ3v) is 3.27. The molecule has 1 aromatic heterocycles. The molecule has 2 nitrogen and oxygen atoms in total. The van der Waals surface area contributed by atoms with Crippen LogP contribution in [-0.2, 0) is 6.54 Å². The number of rotatable bonds is 4. The van der Waals surface area contributed by atoms with Gasteiger partial charge in [0, 0.05) is 24.5 Å². The van der Waals surface area contributed by atoms with Crippen molar-refractivity contribution < 1.29 is 0 Å². The number of aromatic nitrogens is 1. The minimum absolute atomic E-state index is 0.166. The van der Waals surface area contributed by atoms with Crippen molar-refractivity contribution in [2.45, 2.75) is 38.3 Å². The zero-order chi connectivity index (χ0) is 9.31. The zero-order valence-corrected chi connectivity index (χ0v) is 8.24. The summed E-state index contributed by atoms with van der Waals surface area (Å²) < 4.78 is 2.21. The van der Waals surface area contributed by atoms with Crippen LogP contribution in [0.15, 0.2) is 24.5 Å². The first-order valence-corrected chi connectivity index (χ1v) is 5.14. The second kappa shape index (κ2) is 3.18. The van der Waals surface area contributed by atoms with Crippen molar-refractivity contribution in [2.75, 3.05) is 0 Å². The predicted molar refractivity (Wildman–Crippen MR) is 54.4 cm³/mol. The van der Waals surface area contributed by atoms with E-state index in [9.17, 15) is 0 Å². The largest absolute Gasteiger partial charge is 0.354 e. The van der Waals surface area contributed by atoms with Crippen LogP contribution in [0.5, 0.6) is 0 Å². The first-order valence-electron chi connectivity index (χ1n) is 5.14. The quantitative estimate of drug-likeness (QED) is 0.751. The molecular formula is C11H18N2. The molecule has 72 valence electrons. The molecular weight excluding hydrogens is 160 g/mol. The molecule has 1 saturated carbocycles. The van der Waals surface area contributed by atoms with Crippen LogP contribution in [0.4, 0.5) is 0 Å². The molecule has 2 heteroatoms. The minimum Gasteiger partial charge on any atom is -0.354 e. The van der Waals surface area contributed by atoms with E-state index in [2.05, 4.69) is 36.0 Å². The van der Waals surface area contributed by atoms with E-state index in [4.69, 9.17) is 5.73 Å². The normalized spacial score (nSPS) is 32.0. The van der Waals surface area contributed by atoms with E-state index in [-0.39, 0.29) is 5.54 Å². The van der Waals surface area contributed by atoms with Crippen molar-refractivity contribution in [2.24, 2.45) is 11.7 Å². The van der Waals surface area contributed by atoms with Gasteiger partial charge in [-0.1, -0.05) is 13.3 Å². The fourth-order valence-corrected chi connectivity index (χ4v) is 2.11. The molecule has 1 aliphatic rings. The Morgan fingerprint density at radius 1 is 1.46 bits per heavy atom. The monoisotopic (exact) mass is 178 g/mol. The number of hydrogen-bond donors (Lipinski definition) is 1. The second-order valence-corrected chi connectivity index (χ2v) is 4.21. The van der Waals surface area contributed by atoms with Gasteiger partial charge in [0.2, 0.25) is 0 Å². The second-order valence-electron chi connectivity index (χ2n) is 4.21. The summed E-state index contributed by atoms with van der Waals surface area (Å²) in [5.74, 6) is 0.781. The molecule has 0 radical (unpaired) electrons. The standard InChI is InChI=1S/C11H18N2/c1-2-10-9-11(10,12)5-8-13-6-3-4-7-13/h3-4,6-7,10H,2,5,8-9,12H2,1H3. The van der Waals surface area contributed by atoms with Gasteiger partial charge in [0.25, 0.3) is 0 Å². The van der Waals surface area contributed by atoms with Gasteiger partial charge in [0.1, 0.15) is 0 Å². The van der Waals surface area contributed by atoms with Crippen LogP contribution in [0.25, 0.3) is 0 Å². The van der Waals surface area contributed by atoms with Crippen LogP contribution in [0.1, 0.15) is 26.2 Å². The Kier molecular flexibility index (Phi) is 2.16. The SMILES string of the molecule is CCC1CC1(N)CCn1cccc1. The van der Waals surface area contributed by atoms with Crippen molar-refractivity contribution in [1.82, 2.24) is 4.57 Å². The average Bonchev–Trinajstić information content (AvgIpc) is 2.60. The molecule has 13 heavy (non-hydrogen) atoms. The average molecular weight is 178 g/mol. The van der Waals surface area contributed by atoms with Crippen molar-refractivity contribution >= 4 is 0 Å². The summed E-state index contributed by atoms with van der Waals surface area (Å²) in [7, 11) is 0. The summed E-state index contributed by atoms with van der Waals surface area (Å²) in [6.45, 7) is 3.30. The van der Waals surface area contributed by atoms with Crippen LogP contribution >= 0.6 is 0 Å². The maximum atomic E-state index is 6.20. The Morgan fingerprint density at radius 2 is 2.15 bits per heavy atom. The number of aryl methyl sites for hydroxylation is 1. The predicted octanol–water partition coefficient (Wildman–Crippen LogP) is 2.01. The molecule has 0 aromatic carbocycles. The fraction of sp³-hybridized carbons (Fsp3) is 0.636. The molecule has 0 spiro atoms.